The third kappa shape index (κ3) is 4.05. The van der Waals surface area contributed by atoms with Gasteiger partial charge in [-0.25, -0.2) is 0 Å². The van der Waals surface area contributed by atoms with Crippen molar-refractivity contribution >= 4 is 11.8 Å². The molecular formula is C23H25N3O2. The number of benzene rings is 2. The molecule has 0 saturated heterocycles. The Bertz CT molecular complexity index is 995. The third-order valence-corrected chi connectivity index (χ3v) is 4.93. The number of allylic oxidation sites excluding steroid dienone is 2. The van der Waals surface area contributed by atoms with Crippen molar-refractivity contribution in [2.75, 3.05) is 0 Å². The molecule has 0 spiro atoms. The number of ether oxygens (including phenoxy) is 1. The summed E-state index contributed by atoms with van der Waals surface area (Å²) in [7, 11) is 0. The predicted molar refractivity (Wildman–Crippen MR) is 114 cm³/mol. The first-order valence-electron chi connectivity index (χ1n) is 9.37. The summed E-state index contributed by atoms with van der Waals surface area (Å²) in [6.45, 7) is 8.26. The van der Waals surface area contributed by atoms with E-state index in [0.717, 1.165) is 40.8 Å². The summed E-state index contributed by atoms with van der Waals surface area (Å²) in [5.41, 5.74) is 14.0. The molecule has 1 heterocycles. The summed E-state index contributed by atoms with van der Waals surface area (Å²) in [6.07, 6.45) is 8.06. The third-order valence-electron chi connectivity index (χ3n) is 4.93. The first-order valence-corrected chi connectivity index (χ1v) is 9.37. The number of hydrogen-bond donors (Lipinski definition) is 1. The van der Waals surface area contributed by atoms with Gasteiger partial charge in [0.05, 0.1) is 5.69 Å². The highest BCUT2D eigenvalue weighted by atomic mass is 16.5. The van der Waals surface area contributed by atoms with Crippen LogP contribution in [0.4, 0.5) is 5.69 Å². The van der Waals surface area contributed by atoms with Crippen LogP contribution in [0.25, 0.3) is 27.6 Å². The standard InChI is InChI=1S/C23H25N3O2/c1-15(2)6-5-12-23(4)13-11-19-21(25-26-24)20(14-16(3)22(19)28-23)17-7-9-18(27)10-8-17/h6-11,13-14,27H,5,12H2,1-4H3. The molecule has 0 saturated carbocycles. The average molecular weight is 375 g/mol. The van der Waals surface area contributed by atoms with Crippen LogP contribution in [0.2, 0.25) is 0 Å². The molecule has 0 radical (unpaired) electrons. The fourth-order valence-electron chi connectivity index (χ4n) is 3.43. The van der Waals surface area contributed by atoms with Crippen LogP contribution in [-0.2, 0) is 0 Å². The number of rotatable bonds is 5. The molecule has 0 bridgehead atoms. The molecule has 1 atom stereocenters. The molecule has 2 aromatic rings. The highest BCUT2D eigenvalue weighted by molar-refractivity contribution is 5.87. The van der Waals surface area contributed by atoms with E-state index in [1.165, 1.54) is 5.57 Å². The lowest BCUT2D eigenvalue weighted by Gasteiger charge is -2.33. The summed E-state index contributed by atoms with van der Waals surface area (Å²) in [5, 5.41) is 13.5. The maximum Gasteiger partial charge on any atom is 0.131 e. The van der Waals surface area contributed by atoms with Crippen LogP contribution < -0.4 is 4.74 Å². The van der Waals surface area contributed by atoms with Gasteiger partial charge in [0.25, 0.3) is 0 Å². The van der Waals surface area contributed by atoms with Crippen LogP contribution in [0.5, 0.6) is 11.5 Å². The van der Waals surface area contributed by atoms with E-state index >= 15 is 0 Å². The quantitative estimate of drug-likeness (QED) is 0.259. The Balaban J connectivity index is 2.06. The molecule has 5 heteroatoms. The van der Waals surface area contributed by atoms with Gasteiger partial charge in [-0.15, -0.1) is 0 Å². The van der Waals surface area contributed by atoms with Gasteiger partial charge < -0.3 is 9.84 Å². The van der Waals surface area contributed by atoms with E-state index in [1.807, 2.05) is 37.3 Å². The van der Waals surface area contributed by atoms with E-state index in [9.17, 15) is 5.11 Å². The number of phenols is 1. The summed E-state index contributed by atoms with van der Waals surface area (Å²) < 4.78 is 6.39. The maximum absolute atomic E-state index is 9.57. The predicted octanol–water partition coefficient (Wildman–Crippen LogP) is 7.22. The van der Waals surface area contributed by atoms with Crippen molar-refractivity contribution in [3.05, 3.63) is 69.6 Å². The molecule has 0 aromatic heterocycles. The Morgan fingerprint density at radius 3 is 2.64 bits per heavy atom. The van der Waals surface area contributed by atoms with Crippen LogP contribution >= 0.6 is 0 Å². The second kappa shape index (κ2) is 7.83. The lowest BCUT2D eigenvalue weighted by molar-refractivity contribution is 0.128. The highest BCUT2D eigenvalue weighted by Crippen LogP contribution is 2.46. The molecular weight excluding hydrogens is 350 g/mol. The summed E-state index contributed by atoms with van der Waals surface area (Å²) in [4.78, 5) is 3.03. The number of aryl methyl sites for hydroxylation is 1. The number of nitrogens with zero attached hydrogens (tertiary/aromatic N) is 3. The zero-order valence-electron chi connectivity index (χ0n) is 16.7. The van der Waals surface area contributed by atoms with Crippen molar-refractivity contribution in [2.24, 2.45) is 5.11 Å². The Kier molecular flexibility index (Phi) is 5.48. The molecule has 3 rings (SSSR count). The normalized spacial score (nSPS) is 17.3. The Hall–Kier alpha value is -3.17. The Labute approximate surface area is 165 Å². The SMILES string of the molecule is CC(C)=CCCC1(C)C=Cc2c(N=[N+]=[N-])c(-c3ccc(O)cc3)cc(C)c2O1. The van der Waals surface area contributed by atoms with Gasteiger partial charge in [0, 0.05) is 10.5 Å². The molecule has 144 valence electrons. The Morgan fingerprint density at radius 1 is 1.29 bits per heavy atom. The highest BCUT2D eigenvalue weighted by Gasteiger charge is 2.29. The van der Waals surface area contributed by atoms with Crippen molar-refractivity contribution < 1.29 is 9.84 Å². The second-order valence-electron chi connectivity index (χ2n) is 7.64. The molecule has 1 N–H and O–H groups in total. The van der Waals surface area contributed by atoms with Crippen molar-refractivity contribution in [3.63, 3.8) is 0 Å². The molecule has 5 nitrogen and oxygen atoms in total. The van der Waals surface area contributed by atoms with Gasteiger partial charge in [0.15, 0.2) is 0 Å². The van der Waals surface area contributed by atoms with E-state index in [1.54, 1.807) is 12.1 Å². The number of fused-ring (bicyclic) bond motifs is 1. The van der Waals surface area contributed by atoms with Crippen LogP contribution in [0.1, 0.15) is 44.7 Å². The van der Waals surface area contributed by atoms with Crippen molar-refractivity contribution in [3.8, 4) is 22.6 Å². The molecule has 28 heavy (non-hydrogen) atoms. The van der Waals surface area contributed by atoms with Gasteiger partial charge in [-0.3, -0.25) is 0 Å². The zero-order chi connectivity index (χ0) is 20.3. The van der Waals surface area contributed by atoms with Crippen LogP contribution in [0.15, 0.2) is 53.2 Å². The van der Waals surface area contributed by atoms with Crippen molar-refractivity contribution in [1.29, 1.82) is 0 Å². The van der Waals surface area contributed by atoms with Crippen molar-refractivity contribution in [1.82, 2.24) is 0 Å². The van der Waals surface area contributed by atoms with E-state index < -0.39 is 5.60 Å². The van der Waals surface area contributed by atoms with E-state index in [4.69, 9.17) is 10.3 Å². The van der Waals surface area contributed by atoms with Gasteiger partial charge >= 0.3 is 0 Å². The lowest BCUT2D eigenvalue weighted by Crippen LogP contribution is -2.32. The summed E-state index contributed by atoms with van der Waals surface area (Å²) in [5.74, 6) is 0.950. The monoisotopic (exact) mass is 375 g/mol. The van der Waals surface area contributed by atoms with Gasteiger partial charge in [-0.1, -0.05) is 35.0 Å². The van der Waals surface area contributed by atoms with Gasteiger partial charge in [-0.05, 0) is 87.0 Å². The molecule has 0 amide bonds. The largest absolute Gasteiger partial charge is 0.508 e. The minimum absolute atomic E-state index is 0.194. The average Bonchev–Trinajstić information content (AvgIpc) is 2.64. The fourth-order valence-corrected chi connectivity index (χ4v) is 3.43. The van der Waals surface area contributed by atoms with Crippen LogP contribution in [-0.4, -0.2) is 10.7 Å². The smallest absolute Gasteiger partial charge is 0.131 e. The second-order valence-corrected chi connectivity index (χ2v) is 7.64. The summed E-state index contributed by atoms with van der Waals surface area (Å²) in [6, 6.07) is 8.84. The zero-order valence-corrected chi connectivity index (χ0v) is 16.7. The first-order chi connectivity index (χ1) is 13.3. The van der Waals surface area contributed by atoms with Gasteiger partial charge in [0.2, 0.25) is 0 Å². The molecule has 2 aromatic carbocycles. The Morgan fingerprint density at radius 2 is 2.00 bits per heavy atom. The summed E-state index contributed by atoms with van der Waals surface area (Å²) >= 11 is 0. The minimum Gasteiger partial charge on any atom is -0.508 e. The minimum atomic E-state index is -0.405. The van der Waals surface area contributed by atoms with E-state index in [0.29, 0.717) is 5.69 Å². The number of phenolic OH excluding ortho intramolecular Hbond substituents is 1. The fraction of sp³-hybridized carbons (Fsp3) is 0.304. The number of hydrogen-bond acceptors (Lipinski definition) is 3. The van der Waals surface area contributed by atoms with Crippen molar-refractivity contribution in [2.45, 2.75) is 46.1 Å². The van der Waals surface area contributed by atoms with Gasteiger partial charge in [0.1, 0.15) is 17.1 Å². The number of azide groups is 1. The topological polar surface area (TPSA) is 78.2 Å². The molecule has 0 fully saturated rings. The molecule has 1 aliphatic heterocycles. The van der Waals surface area contributed by atoms with E-state index in [-0.39, 0.29) is 5.75 Å². The molecule has 1 unspecified atom stereocenters. The van der Waals surface area contributed by atoms with E-state index in [2.05, 4.69) is 36.9 Å². The first kappa shape index (κ1) is 19.6. The molecule has 1 aliphatic rings. The van der Waals surface area contributed by atoms with Crippen LogP contribution in [0.3, 0.4) is 0 Å². The molecule has 0 aliphatic carbocycles. The number of aromatic hydroxyl groups is 1. The van der Waals surface area contributed by atoms with Gasteiger partial charge in [-0.2, -0.15) is 0 Å². The van der Waals surface area contributed by atoms with Crippen LogP contribution in [0, 0.1) is 6.92 Å². The maximum atomic E-state index is 9.57. The lowest BCUT2D eigenvalue weighted by atomic mass is 9.90.